The molecule has 43 heavy (non-hydrogen) atoms. The Labute approximate surface area is 259 Å². The normalized spacial score (nSPS) is 23.2. The summed E-state index contributed by atoms with van der Waals surface area (Å²) in [7, 11) is 0. The molecule has 0 aliphatic heterocycles. The molecule has 0 amide bonds. The van der Waals surface area contributed by atoms with Gasteiger partial charge in [0.25, 0.3) is 0 Å². The highest BCUT2D eigenvalue weighted by Gasteiger charge is 2.22. The molecule has 0 bridgehead atoms. The van der Waals surface area contributed by atoms with Crippen molar-refractivity contribution in [2.24, 2.45) is 11.8 Å². The van der Waals surface area contributed by atoms with Crippen molar-refractivity contribution in [1.29, 1.82) is 0 Å². The van der Waals surface area contributed by atoms with Crippen LogP contribution in [0.4, 0.5) is 0 Å². The van der Waals surface area contributed by atoms with Gasteiger partial charge in [-0.3, -0.25) is 4.98 Å². The molecule has 0 saturated carbocycles. The molecule has 0 radical (unpaired) electrons. The summed E-state index contributed by atoms with van der Waals surface area (Å²) < 4.78 is 0. The van der Waals surface area contributed by atoms with Crippen LogP contribution in [0.5, 0.6) is 0 Å². The van der Waals surface area contributed by atoms with Crippen molar-refractivity contribution < 1.29 is 0 Å². The van der Waals surface area contributed by atoms with Gasteiger partial charge in [0.1, 0.15) is 0 Å². The number of allylic oxidation sites excluding steroid dienone is 15. The number of hydrogen-bond donors (Lipinski definition) is 0. The molecule has 0 saturated heterocycles. The summed E-state index contributed by atoms with van der Waals surface area (Å²) in [6.45, 7) is 11.3. The van der Waals surface area contributed by atoms with E-state index < -0.39 is 0 Å². The molecule has 1 heterocycles. The predicted molar refractivity (Wildman–Crippen MR) is 188 cm³/mol. The van der Waals surface area contributed by atoms with Crippen LogP contribution < -0.4 is 0 Å². The third-order valence-electron chi connectivity index (χ3n) is 8.65. The lowest BCUT2D eigenvalue weighted by Crippen LogP contribution is -2.06. The first kappa shape index (κ1) is 30.2. The second kappa shape index (κ2) is 14.8. The van der Waals surface area contributed by atoms with Crippen LogP contribution in [0.15, 0.2) is 150 Å². The molecule has 2 aliphatic rings. The van der Waals surface area contributed by atoms with Crippen molar-refractivity contribution in [1.82, 2.24) is 4.98 Å². The molecule has 2 aliphatic carbocycles. The Hall–Kier alpha value is -4.23. The predicted octanol–water partition coefficient (Wildman–Crippen LogP) is 11.9. The van der Waals surface area contributed by atoms with E-state index in [1.54, 1.807) is 0 Å². The molecule has 1 nitrogen and oxygen atoms in total. The maximum atomic E-state index is 4.71. The Kier molecular flexibility index (Phi) is 10.4. The van der Waals surface area contributed by atoms with E-state index in [4.69, 9.17) is 4.98 Å². The van der Waals surface area contributed by atoms with Crippen LogP contribution in [-0.4, -0.2) is 4.98 Å². The van der Waals surface area contributed by atoms with Crippen LogP contribution in [0.3, 0.4) is 0 Å². The van der Waals surface area contributed by atoms with Gasteiger partial charge in [-0.2, -0.15) is 0 Å². The highest BCUT2D eigenvalue weighted by molar-refractivity contribution is 6.06. The largest absolute Gasteiger partial charge is 0.256 e. The van der Waals surface area contributed by atoms with E-state index in [1.165, 1.54) is 44.2 Å². The number of fused-ring (bicyclic) bond motifs is 1. The van der Waals surface area contributed by atoms with Crippen molar-refractivity contribution in [3.63, 3.8) is 0 Å². The van der Waals surface area contributed by atoms with E-state index in [-0.39, 0.29) is 0 Å². The summed E-state index contributed by atoms with van der Waals surface area (Å²) in [6, 6.07) is 19.6. The molecule has 3 aromatic rings. The summed E-state index contributed by atoms with van der Waals surface area (Å²) in [4.78, 5) is 4.71. The van der Waals surface area contributed by atoms with Gasteiger partial charge in [-0.15, -0.1) is 0 Å². The molecule has 2 unspecified atom stereocenters. The minimum atomic E-state index is 0.437. The van der Waals surface area contributed by atoms with E-state index in [0.29, 0.717) is 11.8 Å². The third-order valence-corrected chi connectivity index (χ3v) is 8.65. The van der Waals surface area contributed by atoms with Crippen molar-refractivity contribution >= 4 is 16.3 Å². The molecular weight excluding hydrogens is 518 g/mol. The van der Waals surface area contributed by atoms with Crippen LogP contribution in [0, 0.1) is 11.8 Å². The van der Waals surface area contributed by atoms with Gasteiger partial charge in [-0.05, 0) is 108 Å². The maximum Gasteiger partial charge on any atom is 0.0708 e. The molecule has 0 fully saturated rings. The van der Waals surface area contributed by atoms with Crippen LogP contribution in [0.2, 0.25) is 0 Å². The van der Waals surface area contributed by atoms with E-state index in [0.717, 1.165) is 49.8 Å². The van der Waals surface area contributed by atoms with Crippen LogP contribution in [0.25, 0.3) is 27.6 Å². The molecule has 5 rings (SSSR count). The van der Waals surface area contributed by atoms with Gasteiger partial charge in [0.15, 0.2) is 0 Å². The molecule has 2 aromatic carbocycles. The van der Waals surface area contributed by atoms with Gasteiger partial charge in [0, 0.05) is 11.8 Å². The zero-order valence-electron chi connectivity index (χ0n) is 26.1. The topological polar surface area (TPSA) is 12.9 Å². The first-order valence-electron chi connectivity index (χ1n) is 16.0. The van der Waals surface area contributed by atoms with Gasteiger partial charge in [0.2, 0.25) is 0 Å². The molecule has 1 aromatic heterocycles. The lowest BCUT2D eigenvalue weighted by Gasteiger charge is -2.25. The first-order chi connectivity index (χ1) is 21.1. The third kappa shape index (κ3) is 7.23. The van der Waals surface area contributed by atoms with Crippen LogP contribution in [0.1, 0.15) is 64.9 Å². The zero-order valence-corrected chi connectivity index (χ0v) is 26.1. The Morgan fingerprint density at radius 3 is 2.53 bits per heavy atom. The van der Waals surface area contributed by atoms with Gasteiger partial charge >= 0.3 is 0 Å². The summed E-state index contributed by atoms with van der Waals surface area (Å²) in [5.74, 6) is 0.931. The fourth-order valence-corrected chi connectivity index (χ4v) is 6.36. The minimum Gasteiger partial charge on any atom is -0.256 e. The number of hydrogen-bond acceptors (Lipinski definition) is 1. The fraction of sp³-hybridized carbons (Fsp3) is 0.262. The van der Waals surface area contributed by atoms with Crippen molar-refractivity contribution in [3.05, 3.63) is 156 Å². The lowest BCUT2D eigenvalue weighted by atomic mass is 9.79. The highest BCUT2D eigenvalue weighted by Crippen LogP contribution is 2.42. The average molecular weight is 564 g/mol. The fourth-order valence-electron chi connectivity index (χ4n) is 6.36. The Bertz CT molecular complexity index is 1650. The second-order valence-corrected chi connectivity index (χ2v) is 11.7. The second-order valence-electron chi connectivity index (χ2n) is 11.7. The number of pyridine rings is 1. The summed E-state index contributed by atoms with van der Waals surface area (Å²) >= 11 is 0. The zero-order chi connectivity index (χ0) is 30.0. The summed E-state index contributed by atoms with van der Waals surface area (Å²) in [5.41, 5.74) is 10.1. The standard InChI is InChI=1S/C42H45N/c1-5-17-36(34(6-2)30-33-20-10-8-7-9-18-31(3)25-26-33)42(35-21-12-11-19-32(35)4)40-28-27-39(41-24-15-16-29-43-41)37-22-13-14-23-38(37)40/h5,7-9,12-18,21-29,31,33H,4,6,10-11,19-20,30H2,1-3H3/b8-7-,17-5-,18-9-,26-25-,36-34-,42-35+. The molecule has 0 N–H and O–H groups in total. The van der Waals surface area contributed by atoms with Crippen molar-refractivity contribution in [3.8, 4) is 11.3 Å². The Morgan fingerprint density at radius 2 is 1.77 bits per heavy atom. The molecule has 2 atom stereocenters. The number of aromatic nitrogens is 1. The quantitative estimate of drug-likeness (QED) is 0.206. The van der Waals surface area contributed by atoms with E-state index in [2.05, 4.69) is 137 Å². The van der Waals surface area contributed by atoms with Crippen molar-refractivity contribution in [2.45, 2.75) is 59.3 Å². The molecular formula is C42H45N. The molecule has 1 heteroatoms. The summed E-state index contributed by atoms with van der Waals surface area (Å²) in [5, 5.41) is 2.48. The van der Waals surface area contributed by atoms with Gasteiger partial charge in [-0.25, -0.2) is 0 Å². The van der Waals surface area contributed by atoms with E-state index in [1.807, 2.05) is 12.3 Å². The van der Waals surface area contributed by atoms with Gasteiger partial charge in [-0.1, -0.05) is 129 Å². The van der Waals surface area contributed by atoms with E-state index in [9.17, 15) is 0 Å². The van der Waals surface area contributed by atoms with Gasteiger partial charge in [0.05, 0.1) is 5.69 Å². The van der Waals surface area contributed by atoms with Crippen molar-refractivity contribution in [2.75, 3.05) is 0 Å². The molecule has 218 valence electrons. The minimum absolute atomic E-state index is 0.437. The average Bonchev–Trinajstić information content (AvgIpc) is 3.04. The lowest BCUT2D eigenvalue weighted by molar-refractivity contribution is 0.579. The van der Waals surface area contributed by atoms with Crippen LogP contribution in [-0.2, 0) is 0 Å². The van der Waals surface area contributed by atoms with Crippen LogP contribution >= 0.6 is 0 Å². The number of rotatable bonds is 7. The van der Waals surface area contributed by atoms with Gasteiger partial charge < -0.3 is 0 Å². The Balaban J connectivity index is 1.73. The number of nitrogens with zero attached hydrogens (tertiary/aromatic N) is 1. The highest BCUT2D eigenvalue weighted by atomic mass is 14.7. The Morgan fingerprint density at radius 1 is 0.930 bits per heavy atom. The molecule has 0 spiro atoms. The first-order valence-corrected chi connectivity index (χ1v) is 16.0. The number of benzene rings is 2. The smallest absolute Gasteiger partial charge is 0.0708 e. The maximum absolute atomic E-state index is 4.71. The monoisotopic (exact) mass is 563 g/mol. The SMILES string of the molecule is C=C1CCC=C/C1=C(C(/C=C\C)=C(/CC)CC1/C=C\C(C)/C=C\C=C/CC1)\c1ccc(-c2ccccn2)c2ccccc12. The summed E-state index contributed by atoms with van der Waals surface area (Å²) in [6.07, 6.45) is 31.3. The van der Waals surface area contributed by atoms with E-state index >= 15 is 0 Å².